The second kappa shape index (κ2) is 10.2. The van der Waals surface area contributed by atoms with Crippen LogP contribution in [0.15, 0.2) is 42.1 Å². The molecule has 1 aromatic heterocycles. The minimum atomic E-state index is -0.0172. The number of carbonyl (C=O) groups is 1. The molecule has 1 N–H and O–H groups in total. The van der Waals surface area contributed by atoms with E-state index < -0.39 is 0 Å². The molecule has 2 aromatic rings. The summed E-state index contributed by atoms with van der Waals surface area (Å²) >= 11 is 7.22. The van der Waals surface area contributed by atoms with E-state index in [0.29, 0.717) is 28.3 Å². The molecule has 1 amide bonds. The zero-order valence-corrected chi connectivity index (χ0v) is 16.5. The molecule has 140 valence electrons. The van der Waals surface area contributed by atoms with E-state index in [0.717, 1.165) is 6.42 Å². The number of aromatic nitrogens is 3. The second-order valence-corrected chi connectivity index (χ2v) is 7.09. The quantitative estimate of drug-likeness (QED) is 0.491. The Labute approximate surface area is 163 Å². The van der Waals surface area contributed by atoms with E-state index in [2.05, 4.69) is 22.1 Å². The van der Waals surface area contributed by atoms with Crippen LogP contribution in [0.3, 0.4) is 0 Å². The zero-order valence-electron chi connectivity index (χ0n) is 14.9. The second-order valence-electron chi connectivity index (χ2n) is 5.71. The average Bonchev–Trinajstić information content (AvgIpc) is 3.01. The first-order chi connectivity index (χ1) is 12.5. The number of carbonyl (C=O) groups excluding carboxylic acids is 1. The smallest absolute Gasteiger partial charge is 0.230 e. The van der Waals surface area contributed by atoms with Crippen LogP contribution in [0.25, 0.3) is 0 Å². The summed E-state index contributed by atoms with van der Waals surface area (Å²) in [5, 5.41) is 12.6. The van der Waals surface area contributed by atoms with E-state index in [1.807, 2.05) is 18.4 Å². The Balaban J connectivity index is 1.98. The lowest BCUT2D eigenvalue weighted by Gasteiger charge is -2.11. The summed E-state index contributed by atoms with van der Waals surface area (Å²) < 4.78 is 7.63. The van der Waals surface area contributed by atoms with Gasteiger partial charge >= 0.3 is 0 Å². The molecule has 2 rings (SSSR count). The van der Waals surface area contributed by atoms with Crippen molar-refractivity contribution in [3.63, 3.8) is 0 Å². The molecule has 1 heterocycles. The fourth-order valence-corrected chi connectivity index (χ4v) is 2.98. The van der Waals surface area contributed by atoms with Gasteiger partial charge in [0.25, 0.3) is 0 Å². The molecule has 0 saturated carbocycles. The van der Waals surface area contributed by atoms with E-state index in [4.69, 9.17) is 16.3 Å². The Bertz CT molecular complexity index is 733. The molecule has 0 aliphatic rings. The van der Waals surface area contributed by atoms with Crippen molar-refractivity contribution in [1.82, 2.24) is 20.1 Å². The predicted octanol–water partition coefficient (Wildman–Crippen LogP) is 3.70. The molecule has 1 atom stereocenters. The van der Waals surface area contributed by atoms with Gasteiger partial charge in [-0.2, -0.15) is 0 Å². The van der Waals surface area contributed by atoms with Crippen LogP contribution in [0.1, 0.15) is 26.1 Å². The number of rotatable bonds is 10. The summed E-state index contributed by atoms with van der Waals surface area (Å²) in [4.78, 5) is 12.0. The lowest BCUT2D eigenvalue weighted by molar-refractivity contribution is -0.119. The molecule has 0 fully saturated rings. The van der Waals surface area contributed by atoms with E-state index in [1.54, 1.807) is 30.3 Å². The van der Waals surface area contributed by atoms with Gasteiger partial charge in [0.1, 0.15) is 12.4 Å². The molecule has 0 saturated heterocycles. The van der Waals surface area contributed by atoms with Crippen LogP contribution in [-0.4, -0.2) is 32.5 Å². The number of ether oxygens (including phenoxy) is 1. The molecule has 6 nitrogen and oxygen atoms in total. The number of nitrogens with zero attached hydrogens (tertiary/aromatic N) is 3. The van der Waals surface area contributed by atoms with Crippen LogP contribution < -0.4 is 10.1 Å². The van der Waals surface area contributed by atoms with Crippen molar-refractivity contribution in [2.45, 2.75) is 44.6 Å². The Morgan fingerprint density at radius 2 is 2.15 bits per heavy atom. The van der Waals surface area contributed by atoms with Crippen LogP contribution in [0.5, 0.6) is 5.75 Å². The van der Waals surface area contributed by atoms with Crippen molar-refractivity contribution < 1.29 is 9.53 Å². The normalized spacial score (nSPS) is 11.8. The number of halogens is 1. The number of hydrogen-bond donors (Lipinski definition) is 1. The van der Waals surface area contributed by atoms with Crippen LogP contribution in [0.4, 0.5) is 0 Å². The number of hydrogen-bond acceptors (Lipinski definition) is 5. The molecule has 0 aliphatic heterocycles. The van der Waals surface area contributed by atoms with E-state index in [1.165, 1.54) is 11.8 Å². The SMILES string of the molecule is C=CCn1c(COc2ccc(Cl)cc2)nnc1SCC(=O)NC(C)CC. The lowest BCUT2D eigenvalue weighted by atomic mass is 10.3. The van der Waals surface area contributed by atoms with Gasteiger partial charge in [-0.15, -0.1) is 16.8 Å². The monoisotopic (exact) mass is 394 g/mol. The van der Waals surface area contributed by atoms with Crippen LogP contribution in [-0.2, 0) is 17.9 Å². The van der Waals surface area contributed by atoms with Gasteiger partial charge < -0.3 is 10.1 Å². The third kappa shape index (κ3) is 6.07. The van der Waals surface area contributed by atoms with Gasteiger partial charge in [-0.25, -0.2) is 0 Å². The summed E-state index contributed by atoms with van der Waals surface area (Å²) in [5.41, 5.74) is 0. The highest BCUT2D eigenvalue weighted by atomic mass is 35.5. The standard InChI is InChI=1S/C18H23ClN4O2S/c1-4-10-23-16(11-25-15-8-6-14(19)7-9-15)21-22-18(23)26-12-17(24)20-13(3)5-2/h4,6-9,13H,1,5,10-12H2,2-3H3,(H,20,24). The van der Waals surface area contributed by atoms with Crippen molar-refractivity contribution in [1.29, 1.82) is 0 Å². The maximum absolute atomic E-state index is 12.0. The minimum Gasteiger partial charge on any atom is -0.486 e. The number of amides is 1. The van der Waals surface area contributed by atoms with E-state index in [9.17, 15) is 4.79 Å². The summed E-state index contributed by atoms with van der Waals surface area (Å²) in [6.07, 6.45) is 2.66. The van der Waals surface area contributed by atoms with Gasteiger partial charge in [0, 0.05) is 17.6 Å². The first-order valence-electron chi connectivity index (χ1n) is 8.37. The minimum absolute atomic E-state index is 0.0172. The lowest BCUT2D eigenvalue weighted by Crippen LogP contribution is -2.33. The summed E-state index contributed by atoms with van der Waals surface area (Å²) in [6.45, 7) is 8.59. The van der Waals surface area contributed by atoms with Crippen molar-refractivity contribution in [2.24, 2.45) is 0 Å². The molecule has 1 aromatic carbocycles. The third-order valence-electron chi connectivity index (χ3n) is 3.64. The van der Waals surface area contributed by atoms with E-state index >= 15 is 0 Å². The van der Waals surface area contributed by atoms with Crippen LogP contribution >= 0.6 is 23.4 Å². The number of benzene rings is 1. The molecular weight excluding hydrogens is 372 g/mol. The topological polar surface area (TPSA) is 69.0 Å². The Hall–Kier alpha value is -1.99. The third-order valence-corrected chi connectivity index (χ3v) is 4.86. The van der Waals surface area contributed by atoms with Gasteiger partial charge in [0.05, 0.1) is 5.75 Å². The fraction of sp³-hybridized carbons (Fsp3) is 0.389. The highest BCUT2D eigenvalue weighted by Gasteiger charge is 2.14. The molecule has 8 heteroatoms. The molecular formula is C18H23ClN4O2S. The number of nitrogens with one attached hydrogen (secondary N) is 1. The zero-order chi connectivity index (χ0) is 18.9. The van der Waals surface area contributed by atoms with Crippen LogP contribution in [0.2, 0.25) is 5.02 Å². The molecule has 0 radical (unpaired) electrons. The number of thioether (sulfide) groups is 1. The first kappa shape index (κ1) is 20.3. The van der Waals surface area contributed by atoms with Gasteiger partial charge in [-0.1, -0.05) is 36.4 Å². The van der Waals surface area contributed by atoms with Crippen molar-refractivity contribution in [2.75, 3.05) is 5.75 Å². The van der Waals surface area contributed by atoms with E-state index in [-0.39, 0.29) is 24.3 Å². The summed E-state index contributed by atoms with van der Waals surface area (Å²) in [5.74, 6) is 1.64. The average molecular weight is 395 g/mol. The van der Waals surface area contributed by atoms with Crippen LogP contribution in [0, 0.1) is 0 Å². The highest BCUT2D eigenvalue weighted by Crippen LogP contribution is 2.20. The van der Waals surface area contributed by atoms with Gasteiger partial charge in [0.15, 0.2) is 11.0 Å². The summed E-state index contributed by atoms with van der Waals surface area (Å²) in [6, 6.07) is 7.29. The molecule has 0 spiro atoms. The maximum Gasteiger partial charge on any atom is 0.230 e. The Morgan fingerprint density at radius 1 is 1.42 bits per heavy atom. The first-order valence-corrected chi connectivity index (χ1v) is 9.73. The Morgan fingerprint density at radius 3 is 2.81 bits per heavy atom. The van der Waals surface area contributed by atoms with Crippen molar-refractivity contribution in [3.05, 3.63) is 47.8 Å². The molecule has 1 unspecified atom stereocenters. The van der Waals surface area contributed by atoms with Crippen molar-refractivity contribution in [3.8, 4) is 5.75 Å². The van der Waals surface area contributed by atoms with Crippen molar-refractivity contribution >= 4 is 29.3 Å². The molecule has 26 heavy (non-hydrogen) atoms. The van der Waals surface area contributed by atoms with Gasteiger partial charge in [-0.3, -0.25) is 9.36 Å². The Kier molecular flexibility index (Phi) is 8.00. The van der Waals surface area contributed by atoms with Gasteiger partial charge in [-0.05, 0) is 37.6 Å². The fourth-order valence-electron chi connectivity index (χ4n) is 2.07. The number of allylic oxidation sites excluding steroid dienone is 1. The van der Waals surface area contributed by atoms with Gasteiger partial charge in [0.2, 0.25) is 5.91 Å². The largest absolute Gasteiger partial charge is 0.486 e. The highest BCUT2D eigenvalue weighted by molar-refractivity contribution is 7.99. The maximum atomic E-state index is 12.0. The molecule has 0 aliphatic carbocycles. The predicted molar refractivity (Wildman–Crippen MR) is 105 cm³/mol. The summed E-state index contributed by atoms with van der Waals surface area (Å²) in [7, 11) is 0. The molecule has 0 bridgehead atoms.